The fraction of sp³-hybridized carbons (Fsp3) is 0.941. The highest BCUT2D eigenvalue weighted by atomic mass is 16.5. The molecule has 3 fully saturated rings. The number of nitrogens with zero attached hydrogens (tertiary/aromatic N) is 3. The lowest BCUT2D eigenvalue weighted by Gasteiger charge is -2.42. The first kappa shape index (κ1) is 17.1. The van der Waals surface area contributed by atoms with Gasteiger partial charge in [-0.05, 0) is 25.2 Å². The number of aliphatic hydroxyl groups excluding tert-OH is 1. The number of piperazine rings is 1. The first-order valence-corrected chi connectivity index (χ1v) is 9.19. The van der Waals surface area contributed by atoms with Gasteiger partial charge in [0, 0.05) is 71.5 Å². The number of ether oxygens (including phenoxy) is 1. The summed E-state index contributed by atoms with van der Waals surface area (Å²) in [6.07, 6.45) is 3.92. The van der Waals surface area contributed by atoms with Gasteiger partial charge in [0.2, 0.25) is 5.91 Å². The molecule has 1 amide bonds. The van der Waals surface area contributed by atoms with Crippen LogP contribution in [0.25, 0.3) is 0 Å². The van der Waals surface area contributed by atoms with Crippen LogP contribution < -0.4 is 0 Å². The van der Waals surface area contributed by atoms with Crippen LogP contribution in [0.15, 0.2) is 0 Å². The Bertz CT molecular complexity index is 371. The third kappa shape index (κ3) is 4.66. The van der Waals surface area contributed by atoms with Crippen LogP contribution in [0.1, 0.15) is 25.7 Å². The van der Waals surface area contributed by atoms with Gasteiger partial charge in [0.25, 0.3) is 0 Å². The van der Waals surface area contributed by atoms with E-state index >= 15 is 0 Å². The lowest BCUT2D eigenvalue weighted by molar-refractivity contribution is -0.133. The molecule has 3 rings (SSSR count). The molecule has 3 aliphatic heterocycles. The molecule has 3 heterocycles. The molecule has 0 aromatic carbocycles. The number of carbonyl (C=O) groups is 1. The first-order chi connectivity index (χ1) is 11.3. The largest absolute Gasteiger partial charge is 0.395 e. The highest BCUT2D eigenvalue weighted by Gasteiger charge is 2.30. The van der Waals surface area contributed by atoms with Gasteiger partial charge in [-0.15, -0.1) is 0 Å². The Morgan fingerprint density at radius 1 is 1.04 bits per heavy atom. The summed E-state index contributed by atoms with van der Waals surface area (Å²) in [5, 5.41) is 9.02. The Labute approximate surface area is 139 Å². The van der Waals surface area contributed by atoms with Gasteiger partial charge in [-0.2, -0.15) is 0 Å². The van der Waals surface area contributed by atoms with Gasteiger partial charge in [0.15, 0.2) is 0 Å². The van der Waals surface area contributed by atoms with Crippen LogP contribution in [0.2, 0.25) is 0 Å². The lowest BCUT2D eigenvalue weighted by atomic mass is 9.99. The fourth-order valence-corrected chi connectivity index (χ4v) is 4.09. The van der Waals surface area contributed by atoms with Crippen LogP contribution in [0.4, 0.5) is 0 Å². The molecule has 3 saturated heterocycles. The van der Waals surface area contributed by atoms with Crippen molar-refractivity contribution in [1.29, 1.82) is 0 Å². The number of hydrogen-bond acceptors (Lipinski definition) is 5. The quantitative estimate of drug-likeness (QED) is 0.772. The van der Waals surface area contributed by atoms with Crippen molar-refractivity contribution in [3.63, 3.8) is 0 Å². The number of aliphatic hydroxyl groups is 1. The second-order valence-electron chi connectivity index (χ2n) is 7.15. The predicted octanol–water partition coefficient (Wildman–Crippen LogP) is 0.0139. The number of hydrogen-bond donors (Lipinski definition) is 1. The van der Waals surface area contributed by atoms with Gasteiger partial charge >= 0.3 is 0 Å². The van der Waals surface area contributed by atoms with Crippen molar-refractivity contribution >= 4 is 5.91 Å². The summed E-state index contributed by atoms with van der Waals surface area (Å²) in [4.78, 5) is 19.4. The summed E-state index contributed by atoms with van der Waals surface area (Å²) in [7, 11) is 0. The molecule has 0 radical (unpaired) electrons. The van der Waals surface area contributed by atoms with Gasteiger partial charge in [0.05, 0.1) is 6.61 Å². The van der Waals surface area contributed by atoms with Crippen molar-refractivity contribution in [3.05, 3.63) is 0 Å². The van der Waals surface area contributed by atoms with E-state index in [4.69, 9.17) is 9.84 Å². The third-order valence-corrected chi connectivity index (χ3v) is 5.64. The summed E-state index contributed by atoms with van der Waals surface area (Å²) < 4.78 is 5.37. The standard InChI is InChI=1S/C17H31N3O3/c21-11-10-18-6-8-19(9-7-18)16-1-4-20(5-2-16)17(22)13-15-3-12-23-14-15/h15-16,21H,1-14H2/t15-/m1/s1. The second kappa shape index (κ2) is 8.42. The zero-order valence-electron chi connectivity index (χ0n) is 14.2. The summed E-state index contributed by atoms with van der Waals surface area (Å²) in [5.41, 5.74) is 0. The van der Waals surface area contributed by atoms with E-state index in [2.05, 4.69) is 14.7 Å². The van der Waals surface area contributed by atoms with E-state index in [9.17, 15) is 4.79 Å². The van der Waals surface area contributed by atoms with Crippen molar-refractivity contribution < 1.29 is 14.6 Å². The number of carbonyl (C=O) groups excluding carboxylic acids is 1. The van der Waals surface area contributed by atoms with E-state index in [0.717, 1.165) is 78.3 Å². The molecule has 3 aliphatic rings. The number of likely N-dealkylation sites (tertiary alicyclic amines) is 1. The van der Waals surface area contributed by atoms with E-state index in [1.165, 1.54) is 0 Å². The minimum Gasteiger partial charge on any atom is -0.395 e. The molecule has 0 aromatic heterocycles. The van der Waals surface area contributed by atoms with E-state index in [-0.39, 0.29) is 6.61 Å². The fourth-order valence-electron chi connectivity index (χ4n) is 4.09. The van der Waals surface area contributed by atoms with E-state index in [1.807, 2.05) is 0 Å². The molecule has 132 valence electrons. The van der Waals surface area contributed by atoms with Crippen LogP contribution in [-0.2, 0) is 9.53 Å². The summed E-state index contributed by atoms with van der Waals surface area (Å²) in [5.74, 6) is 0.770. The topological polar surface area (TPSA) is 56.2 Å². The van der Waals surface area contributed by atoms with Crippen molar-refractivity contribution in [1.82, 2.24) is 14.7 Å². The highest BCUT2D eigenvalue weighted by molar-refractivity contribution is 5.76. The van der Waals surface area contributed by atoms with Gasteiger partial charge < -0.3 is 14.7 Å². The Hall–Kier alpha value is -0.690. The zero-order chi connectivity index (χ0) is 16.1. The summed E-state index contributed by atoms with van der Waals surface area (Å²) >= 11 is 0. The Kier molecular flexibility index (Phi) is 6.28. The maximum Gasteiger partial charge on any atom is 0.222 e. The molecule has 6 heteroatoms. The molecule has 0 unspecified atom stereocenters. The van der Waals surface area contributed by atoms with Crippen LogP contribution in [0.3, 0.4) is 0 Å². The van der Waals surface area contributed by atoms with Crippen molar-refractivity contribution in [2.24, 2.45) is 5.92 Å². The van der Waals surface area contributed by atoms with E-state index in [1.54, 1.807) is 0 Å². The van der Waals surface area contributed by atoms with Crippen LogP contribution >= 0.6 is 0 Å². The smallest absolute Gasteiger partial charge is 0.222 e. The lowest BCUT2D eigenvalue weighted by Crippen LogP contribution is -2.54. The SMILES string of the molecule is O=C(C[C@H]1CCOC1)N1CCC(N2CCN(CCO)CC2)CC1. The zero-order valence-corrected chi connectivity index (χ0v) is 14.2. The van der Waals surface area contributed by atoms with Gasteiger partial charge in [-0.3, -0.25) is 14.6 Å². The van der Waals surface area contributed by atoms with Gasteiger partial charge in [-0.1, -0.05) is 0 Å². The van der Waals surface area contributed by atoms with Gasteiger partial charge in [-0.25, -0.2) is 0 Å². The number of amides is 1. The van der Waals surface area contributed by atoms with Crippen molar-refractivity contribution in [2.45, 2.75) is 31.7 Å². The Morgan fingerprint density at radius 3 is 2.39 bits per heavy atom. The van der Waals surface area contributed by atoms with Crippen LogP contribution in [-0.4, -0.2) is 97.4 Å². The van der Waals surface area contributed by atoms with Crippen LogP contribution in [0.5, 0.6) is 0 Å². The molecule has 6 nitrogen and oxygen atoms in total. The maximum absolute atomic E-state index is 12.4. The van der Waals surface area contributed by atoms with Crippen LogP contribution in [0, 0.1) is 5.92 Å². The molecule has 0 aromatic rings. The Balaban J connectivity index is 1.37. The maximum atomic E-state index is 12.4. The molecule has 0 bridgehead atoms. The van der Waals surface area contributed by atoms with E-state index in [0.29, 0.717) is 24.3 Å². The minimum atomic E-state index is 0.256. The predicted molar refractivity (Wildman–Crippen MR) is 88.2 cm³/mol. The average Bonchev–Trinajstić information content (AvgIpc) is 3.09. The molecule has 1 N–H and O–H groups in total. The molecular formula is C17H31N3O3. The average molecular weight is 325 g/mol. The summed E-state index contributed by atoms with van der Waals surface area (Å²) in [6, 6.07) is 0.630. The van der Waals surface area contributed by atoms with Gasteiger partial charge in [0.1, 0.15) is 0 Å². The number of β-amino-alcohol motifs (C(OH)–C–C–N with tert-alkyl or cyclic N) is 1. The molecule has 0 saturated carbocycles. The molecule has 0 spiro atoms. The molecular weight excluding hydrogens is 294 g/mol. The highest BCUT2D eigenvalue weighted by Crippen LogP contribution is 2.22. The molecule has 1 atom stereocenters. The minimum absolute atomic E-state index is 0.256. The van der Waals surface area contributed by atoms with Crippen molar-refractivity contribution in [3.8, 4) is 0 Å². The molecule has 23 heavy (non-hydrogen) atoms. The van der Waals surface area contributed by atoms with E-state index < -0.39 is 0 Å². The first-order valence-electron chi connectivity index (χ1n) is 9.19. The third-order valence-electron chi connectivity index (χ3n) is 5.64. The second-order valence-corrected chi connectivity index (χ2v) is 7.15. The molecule has 0 aliphatic carbocycles. The van der Waals surface area contributed by atoms with Crippen molar-refractivity contribution in [2.75, 3.05) is 65.6 Å². The number of piperidine rings is 1. The summed E-state index contributed by atoms with van der Waals surface area (Å²) in [6.45, 7) is 8.77. The normalized spacial score (nSPS) is 28.4. The number of rotatable bonds is 5. The Morgan fingerprint density at radius 2 is 1.78 bits per heavy atom. The monoisotopic (exact) mass is 325 g/mol.